The largest absolute Gasteiger partial charge is 0.355 e. The number of rotatable bonds is 9. The van der Waals surface area contributed by atoms with E-state index < -0.39 is 16.5 Å². The van der Waals surface area contributed by atoms with Crippen molar-refractivity contribution in [2.24, 2.45) is 0 Å². The summed E-state index contributed by atoms with van der Waals surface area (Å²) < 4.78 is 0. The van der Waals surface area contributed by atoms with Crippen LogP contribution in [-0.4, -0.2) is 20.8 Å². The summed E-state index contributed by atoms with van der Waals surface area (Å²) >= 11 is 6.00. The first-order valence-electron chi connectivity index (χ1n) is 9.65. The summed E-state index contributed by atoms with van der Waals surface area (Å²) in [5.41, 5.74) is 6.51. The molecule has 0 spiro atoms. The number of carbonyl (C=O) groups excluding carboxylic acids is 1. The Bertz CT molecular complexity index is 1070. The number of hydrazine groups is 1. The summed E-state index contributed by atoms with van der Waals surface area (Å²) in [7, 11) is 0. The van der Waals surface area contributed by atoms with Gasteiger partial charge in [-0.15, -0.1) is 0 Å². The Labute approximate surface area is 184 Å². The van der Waals surface area contributed by atoms with Gasteiger partial charge in [-0.3, -0.25) is 25.8 Å². The molecule has 0 radical (unpaired) electrons. The van der Waals surface area contributed by atoms with Gasteiger partial charge < -0.3 is 5.32 Å². The predicted molar refractivity (Wildman–Crippen MR) is 120 cm³/mol. The summed E-state index contributed by atoms with van der Waals surface area (Å²) in [4.78, 5) is 31.3. The van der Waals surface area contributed by atoms with Gasteiger partial charge in [0.05, 0.1) is 15.5 Å². The molecule has 0 bridgehead atoms. The van der Waals surface area contributed by atoms with Crippen LogP contribution in [0.2, 0.25) is 5.02 Å². The summed E-state index contributed by atoms with van der Waals surface area (Å²) in [6, 6.07) is 14.1. The average molecular weight is 441 g/mol. The quantitative estimate of drug-likeness (QED) is 0.320. The third kappa shape index (κ3) is 5.67. The molecular formula is C21H21ClN6O3. The lowest BCUT2D eigenvalue weighted by Crippen LogP contribution is -2.30. The van der Waals surface area contributed by atoms with Crippen LogP contribution in [0.1, 0.15) is 35.7 Å². The monoisotopic (exact) mass is 440 g/mol. The molecule has 0 atom stereocenters. The van der Waals surface area contributed by atoms with Crippen molar-refractivity contribution in [2.45, 2.75) is 26.2 Å². The van der Waals surface area contributed by atoms with Crippen molar-refractivity contribution in [3.8, 4) is 0 Å². The topological polar surface area (TPSA) is 122 Å². The zero-order valence-corrected chi connectivity index (χ0v) is 17.5. The number of carbonyl (C=O) groups is 1. The van der Waals surface area contributed by atoms with Crippen LogP contribution in [0.4, 0.5) is 23.0 Å². The van der Waals surface area contributed by atoms with Gasteiger partial charge in [0.1, 0.15) is 6.33 Å². The Balaban J connectivity index is 1.77. The second-order valence-electron chi connectivity index (χ2n) is 6.66. The second kappa shape index (κ2) is 10.4. The lowest BCUT2D eigenvalue weighted by Gasteiger charge is -2.11. The first-order chi connectivity index (χ1) is 15.0. The fourth-order valence-electron chi connectivity index (χ4n) is 2.84. The normalized spacial score (nSPS) is 10.4. The highest BCUT2D eigenvalue weighted by molar-refractivity contribution is 6.33. The van der Waals surface area contributed by atoms with E-state index in [4.69, 9.17) is 11.6 Å². The number of aryl methyl sites for hydroxylation is 1. The number of amides is 1. The number of nitro groups is 1. The molecule has 0 unspecified atom stereocenters. The Hall–Kier alpha value is -3.72. The highest BCUT2D eigenvalue weighted by Gasteiger charge is 2.24. The molecule has 2 aromatic carbocycles. The van der Waals surface area contributed by atoms with Crippen LogP contribution in [0, 0.1) is 10.1 Å². The van der Waals surface area contributed by atoms with Crippen LogP contribution in [0.15, 0.2) is 54.9 Å². The number of nitrogens with one attached hydrogen (secondary N) is 3. The van der Waals surface area contributed by atoms with Gasteiger partial charge in [-0.05, 0) is 42.7 Å². The lowest BCUT2D eigenvalue weighted by atomic mass is 10.1. The van der Waals surface area contributed by atoms with Crippen molar-refractivity contribution in [1.29, 1.82) is 0 Å². The highest BCUT2D eigenvalue weighted by atomic mass is 35.5. The van der Waals surface area contributed by atoms with Crippen LogP contribution >= 0.6 is 11.6 Å². The van der Waals surface area contributed by atoms with Crippen molar-refractivity contribution in [3.63, 3.8) is 0 Å². The summed E-state index contributed by atoms with van der Waals surface area (Å²) in [5, 5.41) is 14.9. The Morgan fingerprint density at radius 1 is 1.10 bits per heavy atom. The standard InChI is InChI=1S/C21H21ClN6O3/c1-2-3-6-14-9-11-15(12-10-14)25-19-18(28(30)31)20(24-13-23-19)26-27-21(29)16-7-4-5-8-17(16)22/h4-5,7-13H,2-3,6H2,1H3,(H,27,29)(H2,23,24,25,26). The molecule has 1 aromatic heterocycles. The van der Waals surface area contributed by atoms with Gasteiger partial charge in [0.2, 0.25) is 11.6 Å². The number of halogens is 1. The molecule has 3 rings (SSSR count). The molecular weight excluding hydrogens is 420 g/mol. The van der Waals surface area contributed by atoms with Crippen molar-refractivity contribution < 1.29 is 9.72 Å². The maximum atomic E-state index is 12.3. The molecule has 1 amide bonds. The maximum Gasteiger partial charge on any atom is 0.355 e. The van der Waals surface area contributed by atoms with Gasteiger partial charge in [-0.25, -0.2) is 9.97 Å². The smallest absolute Gasteiger partial charge is 0.334 e. The number of aromatic nitrogens is 2. The first-order valence-corrected chi connectivity index (χ1v) is 10.0. The van der Waals surface area contributed by atoms with Gasteiger partial charge in [0.15, 0.2) is 0 Å². The molecule has 0 aliphatic heterocycles. The first kappa shape index (κ1) is 22.0. The van der Waals surface area contributed by atoms with E-state index in [-0.39, 0.29) is 22.2 Å². The molecule has 1 heterocycles. The highest BCUT2D eigenvalue weighted by Crippen LogP contribution is 2.31. The molecule has 0 aliphatic carbocycles. The number of nitrogens with zero attached hydrogens (tertiary/aromatic N) is 3. The lowest BCUT2D eigenvalue weighted by molar-refractivity contribution is -0.383. The van der Waals surface area contributed by atoms with Crippen LogP contribution in [-0.2, 0) is 6.42 Å². The van der Waals surface area contributed by atoms with E-state index in [1.54, 1.807) is 18.2 Å². The van der Waals surface area contributed by atoms with Crippen LogP contribution < -0.4 is 16.2 Å². The van der Waals surface area contributed by atoms with Gasteiger partial charge in [0.25, 0.3) is 5.91 Å². The third-order valence-corrected chi connectivity index (χ3v) is 4.78. The minimum Gasteiger partial charge on any atom is -0.334 e. The van der Waals surface area contributed by atoms with E-state index >= 15 is 0 Å². The third-order valence-electron chi connectivity index (χ3n) is 4.45. The molecule has 31 heavy (non-hydrogen) atoms. The minimum absolute atomic E-state index is 0.00389. The summed E-state index contributed by atoms with van der Waals surface area (Å²) in [5.74, 6) is -0.728. The average Bonchev–Trinajstić information content (AvgIpc) is 2.77. The molecule has 0 aliphatic rings. The van der Waals surface area contributed by atoms with Gasteiger partial charge in [0, 0.05) is 5.69 Å². The van der Waals surface area contributed by atoms with E-state index in [9.17, 15) is 14.9 Å². The maximum absolute atomic E-state index is 12.3. The Morgan fingerprint density at radius 2 is 1.81 bits per heavy atom. The number of hydrogen-bond donors (Lipinski definition) is 3. The van der Waals surface area contributed by atoms with Crippen molar-refractivity contribution in [1.82, 2.24) is 15.4 Å². The Morgan fingerprint density at radius 3 is 2.48 bits per heavy atom. The molecule has 0 fully saturated rings. The predicted octanol–water partition coefficient (Wildman–Crippen LogP) is 4.88. The molecule has 9 nitrogen and oxygen atoms in total. The molecule has 3 aromatic rings. The SMILES string of the molecule is CCCCc1ccc(Nc2ncnc(NNC(=O)c3ccccc3Cl)c2[N+](=O)[O-])cc1. The second-order valence-corrected chi connectivity index (χ2v) is 7.07. The van der Waals surface area contributed by atoms with E-state index in [2.05, 4.69) is 33.1 Å². The van der Waals surface area contributed by atoms with Crippen LogP contribution in [0.25, 0.3) is 0 Å². The summed E-state index contributed by atoms with van der Waals surface area (Å²) in [6.45, 7) is 2.13. The Kier molecular flexibility index (Phi) is 7.34. The number of benzene rings is 2. The number of hydrogen-bond acceptors (Lipinski definition) is 7. The van der Waals surface area contributed by atoms with E-state index in [0.29, 0.717) is 5.69 Å². The zero-order valence-electron chi connectivity index (χ0n) is 16.8. The molecule has 0 saturated carbocycles. The van der Waals surface area contributed by atoms with Crippen LogP contribution in [0.5, 0.6) is 0 Å². The van der Waals surface area contributed by atoms with Crippen molar-refractivity contribution in [3.05, 3.63) is 81.1 Å². The van der Waals surface area contributed by atoms with E-state index in [1.807, 2.05) is 24.3 Å². The molecule has 3 N–H and O–H groups in total. The molecule has 0 saturated heterocycles. The molecule has 10 heteroatoms. The summed E-state index contributed by atoms with van der Waals surface area (Å²) in [6.07, 6.45) is 4.34. The van der Waals surface area contributed by atoms with Crippen molar-refractivity contribution >= 4 is 40.5 Å². The van der Waals surface area contributed by atoms with Gasteiger partial charge >= 0.3 is 5.69 Å². The van der Waals surface area contributed by atoms with Crippen LogP contribution in [0.3, 0.4) is 0 Å². The minimum atomic E-state index is -0.623. The van der Waals surface area contributed by atoms with Gasteiger partial charge in [-0.2, -0.15) is 0 Å². The van der Waals surface area contributed by atoms with Gasteiger partial charge in [-0.1, -0.05) is 49.2 Å². The number of anilines is 3. The zero-order chi connectivity index (χ0) is 22.2. The molecule has 160 valence electrons. The number of unbranched alkanes of at least 4 members (excludes halogenated alkanes) is 1. The fraction of sp³-hybridized carbons (Fsp3) is 0.190. The van der Waals surface area contributed by atoms with Crippen molar-refractivity contribution in [2.75, 3.05) is 10.7 Å². The fourth-order valence-corrected chi connectivity index (χ4v) is 3.06. The van der Waals surface area contributed by atoms with E-state index in [1.165, 1.54) is 11.6 Å². The van der Waals surface area contributed by atoms with E-state index in [0.717, 1.165) is 25.6 Å².